The van der Waals surface area contributed by atoms with Crippen LogP contribution in [0.5, 0.6) is 5.75 Å². The van der Waals surface area contributed by atoms with Crippen LogP contribution in [0.1, 0.15) is 30.7 Å². The van der Waals surface area contributed by atoms with E-state index in [4.69, 9.17) is 14.5 Å². The van der Waals surface area contributed by atoms with Crippen LogP contribution in [0.3, 0.4) is 0 Å². The number of rotatable bonds is 4. The number of nitrogens with one attached hydrogen (secondary N) is 1. The van der Waals surface area contributed by atoms with Crippen LogP contribution < -0.4 is 15.2 Å². The molecule has 150 valence electrons. The molecule has 2 aromatic rings. The van der Waals surface area contributed by atoms with Crippen LogP contribution in [0.15, 0.2) is 29.1 Å². The second-order valence-electron chi connectivity index (χ2n) is 7.79. The van der Waals surface area contributed by atoms with Crippen LogP contribution in [0.2, 0.25) is 0 Å². The average molecular weight is 384 g/mol. The molecule has 0 spiro atoms. The highest BCUT2D eigenvalue weighted by Gasteiger charge is 2.27. The van der Waals surface area contributed by atoms with E-state index in [1.165, 1.54) is 5.56 Å². The maximum Gasteiger partial charge on any atom is 0.255 e. The largest absolute Gasteiger partial charge is 0.497 e. The molecule has 28 heavy (non-hydrogen) atoms. The number of methoxy groups -OCH3 is 1. The fourth-order valence-electron chi connectivity index (χ4n) is 4.15. The van der Waals surface area contributed by atoms with Gasteiger partial charge in [0.05, 0.1) is 25.0 Å². The fourth-order valence-corrected chi connectivity index (χ4v) is 4.15. The van der Waals surface area contributed by atoms with Crippen LogP contribution in [-0.4, -0.2) is 53.8 Å². The van der Waals surface area contributed by atoms with Crippen molar-refractivity contribution in [2.45, 2.75) is 45.6 Å². The maximum absolute atomic E-state index is 12.7. The first kappa shape index (κ1) is 19.0. The Bertz CT molecular complexity index is 887. The lowest BCUT2D eigenvalue weighted by Crippen LogP contribution is -2.47. The number of hydrogen-bond acceptors (Lipinski definition) is 6. The van der Waals surface area contributed by atoms with E-state index < -0.39 is 0 Å². The molecule has 1 fully saturated rings. The van der Waals surface area contributed by atoms with E-state index in [1.54, 1.807) is 7.11 Å². The predicted molar refractivity (Wildman–Crippen MR) is 108 cm³/mol. The number of H-pyrrole nitrogens is 1. The summed E-state index contributed by atoms with van der Waals surface area (Å²) in [7, 11) is 1.68. The second-order valence-corrected chi connectivity index (χ2v) is 7.79. The average Bonchev–Trinajstić information content (AvgIpc) is 2.67. The molecule has 0 saturated carbocycles. The molecule has 7 nitrogen and oxygen atoms in total. The number of aromatic amines is 1. The molecule has 1 aromatic carbocycles. The molecule has 0 bridgehead atoms. The van der Waals surface area contributed by atoms with Crippen molar-refractivity contribution in [3.63, 3.8) is 0 Å². The lowest BCUT2D eigenvalue weighted by Gasteiger charge is -2.36. The van der Waals surface area contributed by atoms with Gasteiger partial charge in [0, 0.05) is 38.3 Å². The molecule has 2 aliphatic rings. The smallest absolute Gasteiger partial charge is 0.255 e. The van der Waals surface area contributed by atoms with Gasteiger partial charge in [0.25, 0.3) is 5.56 Å². The van der Waals surface area contributed by atoms with Gasteiger partial charge in [0.15, 0.2) is 0 Å². The first-order valence-corrected chi connectivity index (χ1v) is 9.89. The van der Waals surface area contributed by atoms with Crippen molar-refractivity contribution in [2.75, 3.05) is 31.6 Å². The summed E-state index contributed by atoms with van der Waals surface area (Å²) in [4.78, 5) is 24.9. The van der Waals surface area contributed by atoms with Crippen molar-refractivity contribution in [3.8, 4) is 5.75 Å². The van der Waals surface area contributed by atoms with Gasteiger partial charge in [0.1, 0.15) is 5.75 Å². The number of morpholine rings is 1. The highest BCUT2D eigenvalue weighted by atomic mass is 16.5. The first-order chi connectivity index (χ1) is 13.5. The summed E-state index contributed by atoms with van der Waals surface area (Å²) in [6.07, 6.45) is 0.960. The molecule has 0 aliphatic carbocycles. The van der Waals surface area contributed by atoms with Gasteiger partial charge < -0.3 is 14.4 Å². The first-order valence-electron chi connectivity index (χ1n) is 9.89. The molecule has 4 rings (SSSR count). The predicted octanol–water partition coefficient (Wildman–Crippen LogP) is 1.95. The standard InChI is InChI=1S/C21H28N4O3/c1-14-10-25(11-15(2)28-14)21-22-19-13-24(8-7-18(19)20(26)23-21)12-16-5-4-6-17(9-16)27-3/h4-6,9,14-15H,7-8,10-13H2,1-3H3,(H,22,23,26)/t14-,15-/m0/s1. The number of aromatic nitrogens is 2. The van der Waals surface area contributed by atoms with Crippen molar-refractivity contribution in [2.24, 2.45) is 0 Å². The highest BCUT2D eigenvalue weighted by Crippen LogP contribution is 2.22. The minimum atomic E-state index is -0.00664. The monoisotopic (exact) mass is 384 g/mol. The van der Waals surface area contributed by atoms with Gasteiger partial charge in [-0.2, -0.15) is 0 Å². The Labute approximate surface area is 165 Å². The quantitative estimate of drug-likeness (QED) is 0.869. The summed E-state index contributed by atoms with van der Waals surface area (Å²) in [6.45, 7) is 7.91. The molecule has 2 atom stereocenters. The summed E-state index contributed by atoms with van der Waals surface area (Å²) in [5.41, 5.74) is 2.90. The number of benzene rings is 1. The van der Waals surface area contributed by atoms with Crippen LogP contribution in [0.25, 0.3) is 0 Å². The van der Waals surface area contributed by atoms with E-state index >= 15 is 0 Å². The third kappa shape index (κ3) is 4.05. The molecule has 1 saturated heterocycles. The topological polar surface area (TPSA) is 70.7 Å². The minimum absolute atomic E-state index is 0.00664. The molecule has 0 amide bonds. The highest BCUT2D eigenvalue weighted by molar-refractivity contribution is 5.35. The van der Waals surface area contributed by atoms with E-state index in [0.29, 0.717) is 12.5 Å². The van der Waals surface area contributed by atoms with Crippen molar-refractivity contribution in [1.82, 2.24) is 14.9 Å². The molecular weight excluding hydrogens is 356 g/mol. The molecule has 7 heteroatoms. The van der Waals surface area contributed by atoms with Gasteiger partial charge in [-0.1, -0.05) is 12.1 Å². The van der Waals surface area contributed by atoms with E-state index in [-0.39, 0.29) is 17.8 Å². The molecule has 3 heterocycles. The van der Waals surface area contributed by atoms with Crippen LogP contribution >= 0.6 is 0 Å². The van der Waals surface area contributed by atoms with Crippen molar-refractivity contribution < 1.29 is 9.47 Å². The summed E-state index contributed by atoms with van der Waals surface area (Å²) >= 11 is 0. The molecule has 0 unspecified atom stereocenters. The Balaban J connectivity index is 1.54. The van der Waals surface area contributed by atoms with E-state index in [9.17, 15) is 4.79 Å². The zero-order valence-electron chi connectivity index (χ0n) is 16.8. The van der Waals surface area contributed by atoms with Crippen molar-refractivity contribution >= 4 is 5.95 Å². The number of ether oxygens (including phenoxy) is 2. The Morgan fingerprint density at radius 1 is 1.29 bits per heavy atom. The van der Waals surface area contributed by atoms with E-state index in [1.807, 2.05) is 12.1 Å². The molecular formula is C21H28N4O3. The van der Waals surface area contributed by atoms with Gasteiger partial charge in [-0.05, 0) is 38.0 Å². The summed E-state index contributed by atoms with van der Waals surface area (Å²) < 4.78 is 11.1. The molecule has 1 aromatic heterocycles. The van der Waals surface area contributed by atoms with Gasteiger partial charge in [-0.3, -0.25) is 14.7 Å². The number of hydrogen-bond donors (Lipinski definition) is 1. The second kappa shape index (κ2) is 7.93. The molecule has 2 aliphatic heterocycles. The van der Waals surface area contributed by atoms with Crippen LogP contribution in [-0.2, 0) is 24.2 Å². The van der Waals surface area contributed by atoms with Gasteiger partial charge in [-0.15, -0.1) is 0 Å². The van der Waals surface area contributed by atoms with Crippen molar-refractivity contribution in [1.29, 1.82) is 0 Å². The number of anilines is 1. The fraction of sp³-hybridized carbons (Fsp3) is 0.524. The Kier molecular flexibility index (Phi) is 5.37. The molecule has 0 radical (unpaired) electrons. The van der Waals surface area contributed by atoms with E-state index in [0.717, 1.165) is 49.6 Å². The number of nitrogens with zero attached hydrogens (tertiary/aromatic N) is 3. The molecule has 1 N–H and O–H groups in total. The van der Waals surface area contributed by atoms with Crippen molar-refractivity contribution in [3.05, 3.63) is 51.4 Å². The zero-order valence-corrected chi connectivity index (χ0v) is 16.8. The number of fused-ring (bicyclic) bond motifs is 1. The Morgan fingerprint density at radius 2 is 2.07 bits per heavy atom. The minimum Gasteiger partial charge on any atom is -0.497 e. The van der Waals surface area contributed by atoms with Gasteiger partial charge in [-0.25, -0.2) is 4.98 Å². The van der Waals surface area contributed by atoms with Crippen LogP contribution in [0.4, 0.5) is 5.95 Å². The van der Waals surface area contributed by atoms with Crippen LogP contribution in [0, 0.1) is 0 Å². The SMILES string of the molecule is COc1cccc(CN2CCc3c(nc(N4C[C@H](C)O[C@@H](C)C4)[nH]c3=O)C2)c1. The summed E-state index contributed by atoms with van der Waals surface area (Å²) in [5.74, 6) is 1.52. The lowest BCUT2D eigenvalue weighted by molar-refractivity contribution is -0.00576. The Morgan fingerprint density at radius 3 is 2.82 bits per heavy atom. The summed E-state index contributed by atoms with van der Waals surface area (Å²) in [6, 6.07) is 8.12. The Hall–Kier alpha value is -2.38. The van der Waals surface area contributed by atoms with Gasteiger partial charge in [0.2, 0.25) is 5.95 Å². The normalized spacial score (nSPS) is 22.8. The van der Waals surface area contributed by atoms with E-state index in [2.05, 4.69) is 40.8 Å². The maximum atomic E-state index is 12.7. The third-order valence-corrected chi connectivity index (χ3v) is 5.40. The third-order valence-electron chi connectivity index (χ3n) is 5.40. The zero-order chi connectivity index (χ0) is 19.7. The summed E-state index contributed by atoms with van der Waals surface area (Å²) in [5, 5.41) is 0. The van der Waals surface area contributed by atoms with Gasteiger partial charge >= 0.3 is 0 Å². The lowest BCUT2D eigenvalue weighted by atomic mass is 10.1.